The third-order valence-electron chi connectivity index (χ3n) is 2.41. The highest BCUT2D eigenvalue weighted by atomic mass is 79.9. The Morgan fingerprint density at radius 2 is 1.79 bits per heavy atom. The van der Waals surface area contributed by atoms with E-state index in [1.54, 1.807) is 0 Å². The van der Waals surface area contributed by atoms with Crippen LogP contribution in [-0.2, 0) is 0 Å². The summed E-state index contributed by atoms with van der Waals surface area (Å²) in [7, 11) is 0. The summed E-state index contributed by atoms with van der Waals surface area (Å²) >= 11 is 3.41. The molecule has 0 saturated heterocycles. The van der Waals surface area contributed by atoms with E-state index in [2.05, 4.69) is 33.4 Å². The van der Waals surface area contributed by atoms with E-state index in [9.17, 15) is 0 Å². The Labute approximate surface area is 95.3 Å². The fourth-order valence-electron chi connectivity index (χ4n) is 1.57. The molecule has 0 aromatic heterocycles. The van der Waals surface area contributed by atoms with Crippen molar-refractivity contribution >= 4 is 16.1 Å². The maximum Gasteiger partial charge on any atom is 0.100 e. The van der Waals surface area contributed by atoms with Crippen LogP contribution < -0.4 is 5.73 Å². The summed E-state index contributed by atoms with van der Waals surface area (Å²) in [6.45, 7) is 2.98. The maximum atomic E-state index is 5.43. The number of unbranched alkanes of at least 4 members (excludes halogenated alkanes) is 4. The van der Waals surface area contributed by atoms with Crippen LogP contribution in [0.5, 0.6) is 0 Å². The van der Waals surface area contributed by atoms with E-state index in [1.165, 1.54) is 38.6 Å². The highest BCUT2D eigenvalue weighted by molar-refractivity contribution is 9.07. The second-order valence-electron chi connectivity index (χ2n) is 3.71. The zero-order chi connectivity index (χ0) is 10.2. The van der Waals surface area contributed by atoms with Crippen LogP contribution in [-0.4, -0.2) is 28.6 Å². The normalized spacial score (nSPS) is 15.6. The molecule has 2 N–H and O–H groups in total. The molecule has 0 radical (unpaired) electrons. The minimum Gasteiger partial charge on any atom is -0.358 e. The largest absolute Gasteiger partial charge is 0.358 e. The average Bonchev–Trinajstić information content (AvgIpc) is 2.58. The second-order valence-corrected chi connectivity index (χ2v) is 4.62. The summed E-state index contributed by atoms with van der Waals surface area (Å²) in [5.41, 5.74) is 5.43. The summed E-state index contributed by atoms with van der Waals surface area (Å²) in [6, 6.07) is 0. The zero-order valence-electron chi connectivity index (χ0n) is 8.66. The second kappa shape index (κ2) is 7.12. The summed E-state index contributed by atoms with van der Waals surface area (Å²) in [5, 5.41) is 0. The molecule has 0 aromatic carbocycles. The fourth-order valence-corrected chi connectivity index (χ4v) is 1.96. The Morgan fingerprint density at radius 3 is 2.43 bits per heavy atom. The molecule has 0 spiro atoms. The highest BCUT2D eigenvalue weighted by Crippen LogP contribution is 2.12. The number of nitrogens with zero attached hydrogens (tertiary/aromatic N) is 2. The fraction of sp³-hybridized carbons (Fsp3) is 0.800. The predicted octanol–water partition coefficient (Wildman–Crippen LogP) is 2.25. The van der Waals surface area contributed by atoms with Gasteiger partial charge >= 0.3 is 0 Å². The standard InChI is InChI=1S/C10H20BrN3/c11-14-9-8-13(10-14)7-5-3-1-2-4-6-12/h8-9H,1-7,10,12H2. The lowest BCUT2D eigenvalue weighted by Gasteiger charge is -2.16. The van der Waals surface area contributed by atoms with Crippen molar-refractivity contribution in [3.05, 3.63) is 12.4 Å². The Balaban J connectivity index is 1.87. The number of hydrogen-bond donors (Lipinski definition) is 1. The summed E-state index contributed by atoms with van der Waals surface area (Å²) < 4.78 is 2.02. The molecule has 0 bridgehead atoms. The van der Waals surface area contributed by atoms with Crippen LogP contribution in [0.25, 0.3) is 0 Å². The van der Waals surface area contributed by atoms with E-state index in [0.29, 0.717) is 0 Å². The van der Waals surface area contributed by atoms with Crippen molar-refractivity contribution in [2.75, 3.05) is 19.8 Å². The first-order valence-corrected chi connectivity index (χ1v) is 6.08. The molecule has 14 heavy (non-hydrogen) atoms. The summed E-state index contributed by atoms with van der Waals surface area (Å²) in [6.07, 6.45) is 10.6. The van der Waals surface area contributed by atoms with E-state index >= 15 is 0 Å². The summed E-state index contributed by atoms with van der Waals surface area (Å²) in [5.74, 6) is 0. The molecule has 1 aliphatic rings. The van der Waals surface area contributed by atoms with E-state index in [-0.39, 0.29) is 0 Å². The van der Waals surface area contributed by atoms with Gasteiger partial charge in [-0.15, -0.1) is 0 Å². The van der Waals surface area contributed by atoms with Crippen LogP contribution in [0, 0.1) is 0 Å². The van der Waals surface area contributed by atoms with Gasteiger partial charge in [0.1, 0.15) is 6.67 Å². The van der Waals surface area contributed by atoms with Gasteiger partial charge in [0.05, 0.1) is 16.1 Å². The van der Waals surface area contributed by atoms with Gasteiger partial charge in [0.2, 0.25) is 0 Å². The molecular formula is C10H20BrN3. The third kappa shape index (κ3) is 4.86. The van der Waals surface area contributed by atoms with Crippen LogP contribution in [0.3, 0.4) is 0 Å². The predicted molar refractivity (Wildman–Crippen MR) is 63.6 cm³/mol. The van der Waals surface area contributed by atoms with Gasteiger partial charge in [0.25, 0.3) is 0 Å². The SMILES string of the molecule is NCCCCCCCN1C=CN(Br)C1. The summed E-state index contributed by atoms with van der Waals surface area (Å²) in [4.78, 5) is 2.32. The van der Waals surface area contributed by atoms with Crippen LogP contribution in [0.15, 0.2) is 12.4 Å². The maximum absolute atomic E-state index is 5.43. The smallest absolute Gasteiger partial charge is 0.100 e. The van der Waals surface area contributed by atoms with Gasteiger partial charge in [-0.3, -0.25) is 3.93 Å². The van der Waals surface area contributed by atoms with Crippen molar-refractivity contribution in [1.82, 2.24) is 8.83 Å². The lowest BCUT2D eigenvalue weighted by Crippen LogP contribution is -2.20. The van der Waals surface area contributed by atoms with Gasteiger partial charge in [0.15, 0.2) is 0 Å². The van der Waals surface area contributed by atoms with Crippen LogP contribution in [0.4, 0.5) is 0 Å². The lowest BCUT2D eigenvalue weighted by molar-refractivity contribution is 0.340. The molecule has 3 nitrogen and oxygen atoms in total. The Morgan fingerprint density at radius 1 is 1.07 bits per heavy atom. The molecule has 1 aliphatic heterocycles. The first-order valence-electron chi connectivity index (χ1n) is 5.38. The molecular weight excluding hydrogens is 242 g/mol. The van der Waals surface area contributed by atoms with E-state index in [1.807, 2.05) is 3.93 Å². The first-order chi connectivity index (χ1) is 6.83. The number of halogens is 1. The van der Waals surface area contributed by atoms with E-state index in [0.717, 1.165) is 13.2 Å². The average molecular weight is 262 g/mol. The number of nitrogens with two attached hydrogens (primary N) is 1. The molecule has 0 aromatic rings. The van der Waals surface area contributed by atoms with Crippen LogP contribution >= 0.6 is 16.1 Å². The highest BCUT2D eigenvalue weighted by Gasteiger charge is 2.07. The van der Waals surface area contributed by atoms with Crippen molar-refractivity contribution in [3.63, 3.8) is 0 Å². The lowest BCUT2D eigenvalue weighted by atomic mass is 10.1. The molecule has 1 rings (SSSR count). The topological polar surface area (TPSA) is 32.5 Å². The van der Waals surface area contributed by atoms with Crippen LogP contribution in [0.2, 0.25) is 0 Å². The third-order valence-corrected chi connectivity index (χ3v) is 2.87. The molecule has 82 valence electrons. The molecule has 4 heteroatoms. The molecule has 0 saturated carbocycles. The van der Waals surface area contributed by atoms with Crippen molar-refractivity contribution in [2.24, 2.45) is 5.73 Å². The van der Waals surface area contributed by atoms with Crippen molar-refractivity contribution in [1.29, 1.82) is 0 Å². The molecule has 0 aliphatic carbocycles. The number of hydrogen-bond acceptors (Lipinski definition) is 3. The minimum absolute atomic E-state index is 0.841. The van der Waals surface area contributed by atoms with Crippen molar-refractivity contribution < 1.29 is 0 Å². The molecule has 0 atom stereocenters. The minimum atomic E-state index is 0.841. The van der Waals surface area contributed by atoms with Crippen molar-refractivity contribution in [3.8, 4) is 0 Å². The Bertz CT molecular complexity index is 173. The van der Waals surface area contributed by atoms with Gasteiger partial charge in [-0.25, -0.2) is 0 Å². The van der Waals surface area contributed by atoms with Gasteiger partial charge in [-0.05, 0) is 19.4 Å². The van der Waals surface area contributed by atoms with Gasteiger partial charge < -0.3 is 10.6 Å². The van der Waals surface area contributed by atoms with Gasteiger partial charge in [0, 0.05) is 18.9 Å². The quantitative estimate of drug-likeness (QED) is 0.564. The van der Waals surface area contributed by atoms with E-state index in [4.69, 9.17) is 5.73 Å². The Kier molecular flexibility index (Phi) is 6.03. The monoisotopic (exact) mass is 261 g/mol. The molecule has 0 unspecified atom stereocenters. The number of rotatable bonds is 7. The molecule has 0 fully saturated rings. The molecule has 0 amide bonds. The Hall–Kier alpha value is -0.220. The molecule has 1 heterocycles. The van der Waals surface area contributed by atoms with Gasteiger partial charge in [-0.2, -0.15) is 0 Å². The van der Waals surface area contributed by atoms with E-state index < -0.39 is 0 Å². The van der Waals surface area contributed by atoms with Crippen LogP contribution in [0.1, 0.15) is 32.1 Å². The van der Waals surface area contributed by atoms with Gasteiger partial charge in [-0.1, -0.05) is 19.3 Å². The van der Waals surface area contributed by atoms with Crippen molar-refractivity contribution in [2.45, 2.75) is 32.1 Å². The first kappa shape index (κ1) is 11.9. The zero-order valence-corrected chi connectivity index (χ0v) is 10.2.